The van der Waals surface area contributed by atoms with Gasteiger partial charge in [0.15, 0.2) is 5.75 Å². The second-order valence-electron chi connectivity index (χ2n) is 8.88. The molecule has 3 aromatic carbocycles. The third kappa shape index (κ3) is 5.45. The number of hydrogen-bond donors (Lipinski definition) is 0. The Balaban J connectivity index is 1.47. The molecule has 35 heavy (non-hydrogen) atoms. The summed E-state index contributed by atoms with van der Waals surface area (Å²) in [6, 6.07) is 24.0. The summed E-state index contributed by atoms with van der Waals surface area (Å²) < 4.78 is 13.1. The van der Waals surface area contributed by atoms with Crippen molar-refractivity contribution in [2.24, 2.45) is 0 Å². The predicted molar refractivity (Wildman–Crippen MR) is 139 cm³/mol. The molecule has 0 spiro atoms. The summed E-state index contributed by atoms with van der Waals surface area (Å²) in [6.07, 6.45) is 1.84. The van der Waals surface area contributed by atoms with Crippen molar-refractivity contribution in [1.29, 1.82) is 0 Å². The minimum absolute atomic E-state index is 0.129. The number of aromatic nitrogens is 2. The van der Waals surface area contributed by atoms with Crippen LogP contribution in [0.2, 0.25) is 0 Å². The van der Waals surface area contributed by atoms with Crippen LogP contribution in [0.1, 0.15) is 11.4 Å². The average molecular weight is 470 g/mol. The smallest absolute Gasteiger partial charge is 0.220 e. The van der Waals surface area contributed by atoms with Crippen molar-refractivity contribution < 1.29 is 9.47 Å². The molecule has 0 amide bonds. The molecule has 1 saturated heterocycles. The van der Waals surface area contributed by atoms with Crippen LogP contribution in [0.25, 0.3) is 22.2 Å². The number of morpholine rings is 1. The van der Waals surface area contributed by atoms with E-state index >= 15 is 0 Å². The molecule has 6 heteroatoms. The minimum atomic E-state index is -0.129. The van der Waals surface area contributed by atoms with Crippen LogP contribution in [-0.2, 0) is 24.1 Å². The molecule has 0 N–H and O–H groups in total. The Labute approximate surface area is 205 Å². The van der Waals surface area contributed by atoms with E-state index in [0.29, 0.717) is 5.75 Å². The highest BCUT2D eigenvalue weighted by atomic mass is 16.5. The zero-order valence-corrected chi connectivity index (χ0v) is 20.2. The molecule has 180 valence electrons. The molecule has 4 aromatic rings. The second kappa shape index (κ2) is 10.8. The molecule has 5 rings (SSSR count). The Bertz CT molecular complexity index is 1340. The largest absolute Gasteiger partial charge is 0.493 e. The van der Waals surface area contributed by atoms with Gasteiger partial charge in [-0.1, -0.05) is 48.5 Å². The Morgan fingerprint density at radius 1 is 0.886 bits per heavy atom. The number of imidazole rings is 1. The van der Waals surface area contributed by atoms with E-state index in [1.807, 2.05) is 12.1 Å². The molecule has 6 nitrogen and oxygen atoms in total. The van der Waals surface area contributed by atoms with Crippen molar-refractivity contribution in [3.05, 3.63) is 94.4 Å². The highest BCUT2D eigenvalue weighted by Gasteiger charge is 2.15. The van der Waals surface area contributed by atoms with Crippen LogP contribution in [-0.4, -0.2) is 54.4 Å². The van der Waals surface area contributed by atoms with E-state index in [1.165, 1.54) is 12.7 Å². The normalized spacial score (nSPS) is 14.3. The van der Waals surface area contributed by atoms with Crippen molar-refractivity contribution in [2.75, 3.05) is 40.0 Å². The molecule has 0 unspecified atom stereocenters. The number of rotatable bonds is 8. The molecule has 1 aromatic heterocycles. The SMILES string of the molecule is COc1ccc(-c2ccc3c(c2)nc(CCc2ccccc2)n3CCN2CCOCC2)ccc1=O. The van der Waals surface area contributed by atoms with Crippen LogP contribution >= 0.6 is 0 Å². The molecule has 0 atom stereocenters. The van der Waals surface area contributed by atoms with Crippen LogP contribution in [0.4, 0.5) is 0 Å². The van der Waals surface area contributed by atoms with Gasteiger partial charge in [-0.2, -0.15) is 0 Å². The lowest BCUT2D eigenvalue weighted by atomic mass is 10.1. The van der Waals surface area contributed by atoms with E-state index in [1.54, 1.807) is 12.1 Å². The molecule has 1 fully saturated rings. The van der Waals surface area contributed by atoms with Crippen molar-refractivity contribution in [2.45, 2.75) is 19.4 Å². The van der Waals surface area contributed by atoms with Crippen molar-refractivity contribution >= 4 is 11.0 Å². The maximum absolute atomic E-state index is 12.1. The third-order valence-electron chi connectivity index (χ3n) is 6.68. The summed E-state index contributed by atoms with van der Waals surface area (Å²) in [7, 11) is 1.52. The maximum Gasteiger partial charge on any atom is 0.220 e. The van der Waals surface area contributed by atoms with Gasteiger partial charge in [0, 0.05) is 32.6 Å². The van der Waals surface area contributed by atoms with Gasteiger partial charge < -0.3 is 14.0 Å². The fourth-order valence-corrected chi connectivity index (χ4v) is 4.68. The van der Waals surface area contributed by atoms with Gasteiger partial charge in [-0.05, 0) is 47.4 Å². The standard InChI is InChI=1S/C29H31N3O3/c1-34-28-13-10-23(9-12-27(28)33)24-8-11-26-25(21-24)30-29(14-7-22-5-3-2-4-6-22)32(26)16-15-31-17-19-35-20-18-31/h2-6,8-13,21H,7,14-20H2,1H3. The summed E-state index contributed by atoms with van der Waals surface area (Å²) in [5, 5.41) is 0. The van der Waals surface area contributed by atoms with Crippen LogP contribution < -0.4 is 10.2 Å². The van der Waals surface area contributed by atoms with Gasteiger partial charge in [-0.3, -0.25) is 9.69 Å². The third-order valence-corrected chi connectivity index (χ3v) is 6.68. The zero-order chi connectivity index (χ0) is 24.0. The molecule has 1 aliphatic rings. The van der Waals surface area contributed by atoms with Gasteiger partial charge >= 0.3 is 0 Å². The fraction of sp³-hybridized carbons (Fsp3) is 0.310. The monoisotopic (exact) mass is 469 g/mol. The van der Waals surface area contributed by atoms with Crippen LogP contribution in [0, 0.1) is 0 Å². The first kappa shape index (κ1) is 23.3. The van der Waals surface area contributed by atoms with E-state index in [9.17, 15) is 4.79 Å². The second-order valence-corrected chi connectivity index (χ2v) is 8.88. The first-order valence-electron chi connectivity index (χ1n) is 12.2. The number of fused-ring (bicyclic) bond motifs is 1. The molecular formula is C29H31N3O3. The predicted octanol–water partition coefficient (Wildman–Crippen LogP) is 4.19. The molecule has 0 saturated carbocycles. The summed E-state index contributed by atoms with van der Waals surface area (Å²) >= 11 is 0. The van der Waals surface area contributed by atoms with Crippen molar-refractivity contribution in [3.8, 4) is 16.9 Å². The number of benzene rings is 2. The molecule has 0 aliphatic carbocycles. The number of nitrogens with zero attached hydrogens (tertiary/aromatic N) is 3. The van der Waals surface area contributed by atoms with Crippen molar-refractivity contribution in [3.63, 3.8) is 0 Å². The molecule has 0 bridgehead atoms. The summed E-state index contributed by atoms with van der Waals surface area (Å²) in [4.78, 5) is 19.7. The van der Waals surface area contributed by atoms with Crippen LogP contribution in [0.5, 0.6) is 5.75 Å². The van der Waals surface area contributed by atoms with Crippen LogP contribution in [0.3, 0.4) is 0 Å². The van der Waals surface area contributed by atoms with E-state index in [0.717, 1.165) is 80.2 Å². The average Bonchev–Trinajstić information content (AvgIpc) is 3.14. The minimum Gasteiger partial charge on any atom is -0.493 e. The Kier molecular flexibility index (Phi) is 7.21. The van der Waals surface area contributed by atoms with E-state index < -0.39 is 0 Å². The lowest BCUT2D eigenvalue weighted by Crippen LogP contribution is -2.38. The first-order chi connectivity index (χ1) is 17.2. The van der Waals surface area contributed by atoms with Gasteiger partial charge in [-0.25, -0.2) is 4.98 Å². The van der Waals surface area contributed by atoms with E-state index in [2.05, 4.69) is 58.0 Å². The Hall–Kier alpha value is -3.48. The maximum atomic E-state index is 12.1. The number of aryl methyl sites for hydroxylation is 2. The lowest BCUT2D eigenvalue weighted by Gasteiger charge is -2.27. The molecule has 0 radical (unpaired) electrons. The zero-order valence-electron chi connectivity index (χ0n) is 20.2. The number of ether oxygens (including phenoxy) is 2. The Morgan fingerprint density at radius 3 is 2.46 bits per heavy atom. The van der Waals surface area contributed by atoms with E-state index in [-0.39, 0.29) is 5.43 Å². The van der Waals surface area contributed by atoms with Crippen molar-refractivity contribution in [1.82, 2.24) is 14.5 Å². The van der Waals surface area contributed by atoms with Gasteiger partial charge in [0.25, 0.3) is 0 Å². The van der Waals surface area contributed by atoms with Gasteiger partial charge in [0.2, 0.25) is 5.43 Å². The number of hydrogen-bond acceptors (Lipinski definition) is 5. The summed E-state index contributed by atoms with van der Waals surface area (Å²) in [6.45, 7) is 5.45. The Morgan fingerprint density at radius 2 is 1.66 bits per heavy atom. The fourth-order valence-electron chi connectivity index (χ4n) is 4.68. The summed E-state index contributed by atoms with van der Waals surface area (Å²) in [5.74, 6) is 1.45. The summed E-state index contributed by atoms with van der Waals surface area (Å²) in [5.41, 5.74) is 5.30. The molecule has 1 aliphatic heterocycles. The number of methoxy groups -OCH3 is 1. The van der Waals surface area contributed by atoms with Crippen LogP contribution in [0.15, 0.2) is 77.6 Å². The van der Waals surface area contributed by atoms with E-state index in [4.69, 9.17) is 14.5 Å². The topological polar surface area (TPSA) is 56.6 Å². The highest BCUT2D eigenvalue weighted by Crippen LogP contribution is 2.26. The lowest BCUT2D eigenvalue weighted by molar-refractivity contribution is 0.0364. The van der Waals surface area contributed by atoms with Gasteiger partial charge in [0.1, 0.15) is 5.82 Å². The molecule has 2 heterocycles. The van der Waals surface area contributed by atoms with Gasteiger partial charge in [-0.15, -0.1) is 0 Å². The first-order valence-corrected chi connectivity index (χ1v) is 12.2. The quantitative estimate of drug-likeness (QED) is 0.387. The van der Waals surface area contributed by atoms with Gasteiger partial charge in [0.05, 0.1) is 31.4 Å². The highest BCUT2D eigenvalue weighted by molar-refractivity contribution is 5.82. The molecular weight excluding hydrogens is 438 g/mol.